The van der Waals surface area contributed by atoms with Crippen LogP contribution >= 0.6 is 11.3 Å². The van der Waals surface area contributed by atoms with E-state index in [1.54, 1.807) is 4.57 Å². The van der Waals surface area contributed by atoms with Crippen LogP contribution in [0.3, 0.4) is 0 Å². The molecule has 7 heteroatoms. The van der Waals surface area contributed by atoms with Gasteiger partial charge in [-0.25, -0.2) is 4.99 Å². The number of ether oxygens (including phenoxy) is 1. The average Bonchev–Trinajstić information content (AvgIpc) is 3.19. The summed E-state index contributed by atoms with van der Waals surface area (Å²) in [5.74, 6) is 0.437. The third kappa shape index (κ3) is 4.65. The first-order valence-electron chi connectivity index (χ1n) is 11.7. The molecule has 3 aromatic carbocycles. The molecule has 0 saturated heterocycles. The van der Waals surface area contributed by atoms with Gasteiger partial charge in [0.15, 0.2) is 4.80 Å². The number of nitrogens with zero attached hydrogens (tertiary/aromatic N) is 2. The number of rotatable bonds is 6. The van der Waals surface area contributed by atoms with Crippen molar-refractivity contribution in [1.29, 1.82) is 0 Å². The monoisotopic (exact) mass is 495 g/mol. The van der Waals surface area contributed by atoms with Gasteiger partial charge in [0, 0.05) is 5.69 Å². The number of amides is 1. The summed E-state index contributed by atoms with van der Waals surface area (Å²) in [5.41, 5.74) is 3.24. The first-order valence-corrected chi connectivity index (χ1v) is 12.5. The van der Waals surface area contributed by atoms with Gasteiger partial charge in [0.25, 0.3) is 11.5 Å². The lowest BCUT2D eigenvalue weighted by atomic mass is 9.95. The SMILES string of the molecule is CCOc1ccc([C@H]2C(C(=O)Nc3ccccc3)=C(C)N=c3s/c(=C\c4ccccc4)c(=O)n32)cc1. The molecule has 6 nitrogen and oxygen atoms in total. The Balaban J connectivity index is 1.66. The number of hydrogen-bond donors (Lipinski definition) is 1. The molecule has 0 aliphatic carbocycles. The second-order valence-corrected chi connectivity index (χ2v) is 9.32. The van der Waals surface area contributed by atoms with Gasteiger partial charge in [0.05, 0.1) is 28.5 Å². The molecule has 1 atom stereocenters. The number of fused-ring (bicyclic) bond motifs is 1. The third-order valence-corrected chi connectivity index (χ3v) is 6.89. The normalized spacial score (nSPS) is 15.3. The minimum absolute atomic E-state index is 0.181. The van der Waals surface area contributed by atoms with Crippen molar-refractivity contribution in [2.75, 3.05) is 11.9 Å². The van der Waals surface area contributed by atoms with E-state index in [-0.39, 0.29) is 11.5 Å². The third-order valence-electron chi connectivity index (χ3n) is 5.90. The van der Waals surface area contributed by atoms with Crippen LogP contribution < -0.4 is 24.9 Å². The van der Waals surface area contributed by atoms with Crippen LogP contribution in [-0.4, -0.2) is 17.1 Å². The number of aromatic nitrogens is 1. The molecule has 1 aromatic heterocycles. The van der Waals surface area contributed by atoms with E-state index < -0.39 is 6.04 Å². The minimum atomic E-state index is -0.626. The Morgan fingerprint density at radius 3 is 2.36 bits per heavy atom. The molecule has 180 valence electrons. The molecular formula is C29H25N3O3S. The second kappa shape index (κ2) is 10.2. The van der Waals surface area contributed by atoms with Crippen LogP contribution in [0.1, 0.15) is 31.0 Å². The van der Waals surface area contributed by atoms with E-state index in [4.69, 9.17) is 9.73 Å². The number of thiazole rings is 1. The molecular weight excluding hydrogens is 470 g/mol. The number of carbonyl (C=O) groups is 1. The van der Waals surface area contributed by atoms with Gasteiger partial charge >= 0.3 is 0 Å². The van der Waals surface area contributed by atoms with Crippen LogP contribution in [0.5, 0.6) is 5.75 Å². The van der Waals surface area contributed by atoms with Crippen molar-refractivity contribution in [2.24, 2.45) is 4.99 Å². The van der Waals surface area contributed by atoms with Gasteiger partial charge in [-0.1, -0.05) is 72.0 Å². The summed E-state index contributed by atoms with van der Waals surface area (Å²) in [4.78, 5) is 32.5. The summed E-state index contributed by atoms with van der Waals surface area (Å²) in [7, 11) is 0. The highest BCUT2D eigenvalue weighted by Gasteiger charge is 2.32. The molecule has 5 rings (SSSR count). The molecule has 1 N–H and O–H groups in total. The average molecular weight is 496 g/mol. The van der Waals surface area contributed by atoms with E-state index in [0.29, 0.717) is 32.9 Å². The van der Waals surface area contributed by atoms with E-state index in [0.717, 1.165) is 16.9 Å². The molecule has 0 fully saturated rings. The Bertz CT molecular complexity index is 1600. The molecule has 2 heterocycles. The van der Waals surface area contributed by atoms with Gasteiger partial charge in [-0.15, -0.1) is 0 Å². The minimum Gasteiger partial charge on any atom is -0.494 e. The lowest BCUT2D eigenvalue weighted by Crippen LogP contribution is -2.40. The van der Waals surface area contributed by atoms with Crippen LogP contribution in [0.4, 0.5) is 5.69 Å². The topological polar surface area (TPSA) is 72.7 Å². The van der Waals surface area contributed by atoms with E-state index in [2.05, 4.69) is 5.32 Å². The fourth-order valence-electron chi connectivity index (χ4n) is 4.26. The van der Waals surface area contributed by atoms with Gasteiger partial charge in [0.1, 0.15) is 5.75 Å². The van der Waals surface area contributed by atoms with Crippen molar-refractivity contribution in [2.45, 2.75) is 19.9 Å². The van der Waals surface area contributed by atoms with Crippen molar-refractivity contribution >= 4 is 29.0 Å². The van der Waals surface area contributed by atoms with Crippen molar-refractivity contribution in [3.8, 4) is 5.75 Å². The number of allylic oxidation sites excluding steroid dienone is 1. The van der Waals surface area contributed by atoms with Crippen LogP contribution in [0.15, 0.2) is 106 Å². The lowest BCUT2D eigenvalue weighted by Gasteiger charge is -2.25. The maximum absolute atomic E-state index is 13.7. The summed E-state index contributed by atoms with van der Waals surface area (Å²) in [5, 5.41) is 2.97. The first-order chi connectivity index (χ1) is 17.5. The van der Waals surface area contributed by atoms with Gasteiger partial charge in [0.2, 0.25) is 0 Å². The van der Waals surface area contributed by atoms with Crippen molar-refractivity contribution in [3.63, 3.8) is 0 Å². The fraction of sp³-hybridized carbons (Fsp3) is 0.138. The number of para-hydroxylation sites is 1. The molecule has 1 aliphatic rings. The van der Waals surface area contributed by atoms with Crippen molar-refractivity contribution in [3.05, 3.63) is 127 Å². The quantitative estimate of drug-likeness (QED) is 0.434. The number of hydrogen-bond acceptors (Lipinski definition) is 5. The van der Waals surface area contributed by atoms with E-state index in [1.165, 1.54) is 11.3 Å². The molecule has 36 heavy (non-hydrogen) atoms. The maximum Gasteiger partial charge on any atom is 0.271 e. The molecule has 0 unspecified atom stereocenters. The standard InChI is InChI=1S/C29H25N3O3S/c1-3-35-23-16-14-21(15-17-23)26-25(27(33)31-22-12-8-5-9-13-22)19(2)30-29-32(26)28(34)24(36-29)18-20-10-6-4-7-11-20/h4-18,26H,3H2,1-2H3,(H,31,33)/b24-18-/t26-/m0/s1. The zero-order chi connectivity index (χ0) is 25.1. The Kier molecular flexibility index (Phi) is 6.64. The number of nitrogens with one attached hydrogen (secondary N) is 1. The molecule has 0 saturated carbocycles. The van der Waals surface area contributed by atoms with Gasteiger partial charge in [-0.05, 0) is 55.3 Å². The lowest BCUT2D eigenvalue weighted by molar-refractivity contribution is -0.113. The largest absolute Gasteiger partial charge is 0.494 e. The van der Waals surface area contributed by atoms with Crippen LogP contribution in [0.2, 0.25) is 0 Å². The predicted octanol–water partition coefficient (Wildman–Crippen LogP) is 4.27. The summed E-state index contributed by atoms with van der Waals surface area (Å²) >= 11 is 1.33. The van der Waals surface area contributed by atoms with Crippen LogP contribution in [0.25, 0.3) is 6.08 Å². The van der Waals surface area contributed by atoms with E-state index >= 15 is 0 Å². The zero-order valence-electron chi connectivity index (χ0n) is 20.0. The number of benzene rings is 3. The zero-order valence-corrected chi connectivity index (χ0v) is 20.8. The Hall–Kier alpha value is -4.23. The Morgan fingerprint density at radius 1 is 1.03 bits per heavy atom. The van der Waals surface area contributed by atoms with Crippen LogP contribution in [-0.2, 0) is 4.79 Å². The molecule has 0 radical (unpaired) electrons. The van der Waals surface area contributed by atoms with E-state index in [9.17, 15) is 9.59 Å². The highest BCUT2D eigenvalue weighted by atomic mass is 32.1. The molecule has 1 amide bonds. The highest BCUT2D eigenvalue weighted by molar-refractivity contribution is 7.07. The predicted molar refractivity (Wildman–Crippen MR) is 143 cm³/mol. The van der Waals surface area contributed by atoms with Gasteiger partial charge in [-0.2, -0.15) is 0 Å². The number of anilines is 1. The molecule has 4 aromatic rings. The summed E-state index contributed by atoms with van der Waals surface area (Å²) in [6.45, 7) is 4.30. The maximum atomic E-state index is 13.7. The van der Waals surface area contributed by atoms with Crippen molar-refractivity contribution in [1.82, 2.24) is 4.57 Å². The molecule has 0 bridgehead atoms. The second-order valence-electron chi connectivity index (χ2n) is 8.31. The van der Waals surface area contributed by atoms with E-state index in [1.807, 2.05) is 105 Å². The summed E-state index contributed by atoms with van der Waals surface area (Å²) < 4.78 is 7.80. The van der Waals surface area contributed by atoms with Crippen LogP contribution in [0, 0.1) is 0 Å². The van der Waals surface area contributed by atoms with Gasteiger partial charge in [-0.3, -0.25) is 14.2 Å². The van der Waals surface area contributed by atoms with Gasteiger partial charge < -0.3 is 10.1 Å². The Morgan fingerprint density at radius 2 is 1.69 bits per heavy atom. The smallest absolute Gasteiger partial charge is 0.271 e. The Labute approximate surface area is 212 Å². The summed E-state index contributed by atoms with van der Waals surface area (Å²) in [6.07, 6.45) is 1.86. The first kappa shape index (κ1) is 23.5. The summed E-state index contributed by atoms with van der Waals surface area (Å²) in [6, 6.07) is 25.9. The molecule has 1 aliphatic heterocycles. The fourth-order valence-corrected chi connectivity index (χ4v) is 5.31. The highest BCUT2D eigenvalue weighted by Crippen LogP contribution is 2.31. The van der Waals surface area contributed by atoms with Crippen molar-refractivity contribution < 1.29 is 9.53 Å². The number of carbonyl (C=O) groups excluding carboxylic acids is 1. The molecule has 0 spiro atoms.